The molecule has 0 saturated carbocycles. The normalized spacial score (nSPS) is 24.6. The molecular formula is C14H22N2OS. The molecule has 1 amide bonds. The van der Waals surface area contributed by atoms with Crippen molar-refractivity contribution in [2.45, 2.75) is 39.3 Å². The van der Waals surface area contributed by atoms with E-state index < -0.39 is 0 Å². The zero-order chi connectivity index (χ0) is 13.1. The number of hydrogen-bond donors (Lipinski definition) is 1. The van der Waals surface area contributed by atoms with Crippen LogP contribution < -0.4 is 5.32 Å². The number of piperazine rings is 1. The Morgan fingerprint density at radius 3 is 3.00 bits per heavy atom. The molecule has 1 saturated heterocycles. The van der Waals surface area contributed by atoms with Gasteiger partial charge < -0.3 is 10.2 Å². The number of thiophene rings is 1. The number of nitrogens with zero attached hydrogens (tertiary/aromatic N) is 1. The summed E-state index contributed by atoms with van der Waals surface area (Å²) in [5.74, 6) is 0.849. The topological polar surface area (TPSA) is 32.3 Å². The van der Waals surface area contributed by atoms with Crippen molar-refractivity contribution in [2.24, 2.45) is 5.92 Å². The van der Waals surface area contributed by atoms with Gasteiger partial charge in [-0.05, 0) is 30.7 Å². The average molecular weight is 266 g/mol. The molecule has 4 heteroatoms. The predicted molar refractivity (Wildman–Crippen MR) is 76.1 cm³/mol. The Hall–Kier alpha value is -0.870. The zero-order valence-electron chi connectivity index (χ0n) is 11.3. The van der Waals surface area contributed by atoms with E-state index in [1.54, 1.807) is 0 Å². The van der Waals surface area contributed by atoms with Crippen LogP contribution in [0.4, 0.5) is 0 Å². The smallest absolute Gasteiger partial charge is 0.264 e. The lowest BCUT2D eigenvalue weighted by Crippen LogP contribution is -2.57. The third-order valence-corrected chi connectivity index (χ3v) is 4.26. The lowest BCUT2D eigenvalue weighted by Gasteiger charge is -2.39. The lowest BCUT2D eigenvalue weighted by molar-refractivity contribution is 0.0600. The maximum absolute atomic E-state index is 12.4. The molecule has 1 fully saturated rings. The predicted octanol–water partition coefficient (Wildman–Crippen LogP) is 2.60. The minimum atomic E-state index is 0.188. The van der Waals surface area contributed by atoms with Crippen LogP contribution in [0.1, 0.15) is 36.9 Å². The maximum atomic E-state index is 12.4. The van der Waals surface area contributed by atoms with Crippen molar-refractivity contribution in [3.05, 3.63) is 22.4 Å². The molecule has 1 aromatic rings. The van der Waals surface area contributed by atoms with E-state index in [2.05, 4.69) is 26.1 Å². The van der Waals surface area contributed by atoms with E-state index in [1.807, 2.05) is 22.4 Å². The Bertz CT molecular complexity index is 389. The molecule has 0 aromatic carbocycles. The molecule has 18 heavy (non-hydrogen) atoms. The fourth-order valence-electron chi connectivity index (χ4n) is 2.48. The van der Waals surface area contributed by atoms with Crippen LogP contribution in [-0.4, -0.2) is 36.0 Å². The first kappa shape index (κ1) is 13.6. The monoisotopic (exact) mass is 266 g/mol. The SMILES string of the molecule is CC(C)CC1CN(C(=O)c2cccs2)C(C)CN1. The van der Waals surface area contributed by atoms with Gasteiger partial charge in [0, 0.05) is 25.2 Å². The van der Waals surface area contributed by atoms with Gasteiger partial charge in [0.15, 0.2) is 0 Å². The van der Waals surface area contributed by atoms with Gasteiger partial charge in [0.1, 0.15) is 0 Å². The third-order valence-electron chi connectivity index (χ3n) is 3.40. The molecule has 2 atom stereocenters. The number of hydrogen-bond acceptors (Lipinski definition) is 3. The summed E-state index contributed by atoms with van der Waals surface area (Å²) in [6.45, 7) is 8.30. The van der Waals surface area contributed by atoms with Crippen LogP contribution >= 0.6 is 11.3 Å². The molecular weight excluding hydrogens is 244 g/mol. The summed E-state index contributed by atoms with van der Waals surface area (Å²) in [5, 5.41) is 5.50. The maximum Gasteiger partial charge on any atom is 0.264 e. The third kappa shape index (κ3) is 3.12. The number of carbonyl (C=O) groups is 1. The molecule has 3 nitrogen and oxygen atoms in total. The van der Waals surface area contributed by atoms with Gasteiger partial charge in [-0.25, -0.2) is 0 Å². The second kappa shape index (κ2) is 5.85. The Morgan fingerprint density at radius 2 is 2.39 bits per heavy atom. The van der Waals surface area contributed by atoms with Gasteiger partial charge in [0.05, 0.1) is 4.88 Å². The number of rotatable bonds is 3. The van der Waals surface area contributed by atoms with Crippen LogP contribution in [0.5, 0.6) is 0 Å². The summed E-state index contributed by atoms with van der Waals surface area (Å²) in [6.07, 6.45) is 1.13. The van der Waals surface area contributed by atoms with Crippen molar-refractivity contribution in [1.29, 1.82) is 0 Å². The molecule has 2 rings (SSSR count). The summed E-state index contributed by atoms with van der Waals surface area (Å²) < 4.78 is 0. The highest BCUT2D eigenvalue weighted by molar-refractivity contribution is 7.12. The van der Waals surface area contributed by atoms with Crippen LogP contribution in [0.3, 0.4) is 0 Å². The molecule has 0 bridgehead atoms. The second-order valence-corrected chi connectivity index (χ2v) is 6.47. The van der Waals surface area contributed by atoms with Crippen LogP contribution in [0.25, 0.3) is 0 Å². The van der Waals surface area contributed by atoms with Crippen molar-refractivity contribution < 1.29 is 4.79 Å². The number of nitrogens with one attached hydrogen (secondary N) is 1. The fourth-order valence-corrected chi connectivity index (χ4v) is 3.16. The molecule has 1 aliphatic rings. The standard InChI is InChI=1S/C14H22N2OS/c1-10(2)7-12-9-16(11(3)8-15-12)14(17)13-5-4-6-18-13/h4-6,10-12,15H,7-9H2,1-3H3. The van der Waals surface area contributed by atoms with Crippen LogP contribution in [0.2, 0.25) is 0 Å². The highest BCUT2D eigenvalue weighted by Gasteiger charge is 2.29. The first-order chi connectivity index (χ1) is 8.58. The minimum Gasteiger partial charge on any atom is -0.332 e. The summed E-state index contributed by atoms with van der Waals surface area (Å²) in [5.41, 5.74) is 0. The van der Waals surface area contributed by atoms with E-state index in [9.17, 15) is 4.79 Å². The first-order valence-corrected chi connectivity index (χ1v) is 7.53. The molecule has 0 spiro atoms. The van der Waals surface area contributed by atoms with Crippen molar-refractivity contribution in [3.8, 4) is 0 Å². The zero-order valence-corrected chi connectivity index (χ0v) is 12.2. The van der Waals surface area contributed by atoms with E-state index in [0.29, 0.717) is 12.0 Å². The Balaban J connectivity index is 2.03. The molecule has 2 unspecified atom stereocenters. The van der Waals surface area contributed by atoms with Crippen molar-refractivity contribution in [2.75, 3.05) is 13.1 Å². The van der Waals surface area contributed by atoms with Gasteiger partial charge in [0.25, 0.3) is 5.91 Å². The average Bonchev–Trinajstić information content (AvgIpc) is 2.83. The van der Waals surface area contributed by atoms with Crippen LogP contribution in [-0.2, 0) is 0 Å². The molecule has 0 aliphatic carbocycles. The summed E-state index contributed by atoms with van der Waals surface area (Å²) in [6, 6.07) is 4.57. The second-order valence-electron chi connectivity index (χ2n) is 5.52. The number of amides is 1. The summed E-state index contributed by atoms with van der Waals surface area (Å²) in [7, 11) is 0. The molecule has 1 N–H and O–H groups in total. The van der Waals surface area contributed by atoms with Crippen molar-refractivity contribution in [3.63, 3.8) is 0 Å². The molecule has 100 valence electrons. The van der Waals surface area contributed by atoms with Gasteiger partial charge >= 0.3 is 0 Å². The van der Waals surface area contributed by atoms with Crippen LogP contribution in [0.15, 0.2) is 17.5 Å². The Kier molecular flexibility index (Phi) is 4.40. The molecule has 1 aliphatic heterocycles. The number of carbonyl (C=O) groups excluding carboxylic acids is 1. The first-order valence-electron chi connectivity index (χ1n) is 6.65. The highest BCUT2D eigenvalue weighted by Crippen LogP contribution is 2.18. The summed E-state index contributed by atoms with van der Waals surface area (Å²) in [4.78, 5) is 15.3. The quantitative estimate of drug-likeness (QED) is 0.912. The van der Waals surface area contributed by atoms with Crippen molar-refractivity contribution >= 4 is 17.2 Å². The van der Waals surface area contributed by atoms with Crippen molar-refractivity contribution in [1.82, 2.24) is 10.2 Å². The molecule has 1 aromatic heterocycles. The minimum absolute atomic E-state index is 0.188. The van der Waals surface area contributed by atoms with E-state index in [0.717, 1.165) is 24.4 Å². The lowest BCUT2D eigenvalue weighted by atomic mass is 10.00. The van der Waals surface area contributed by atoms with E-state index >= 15 is 0 Å². The van der Waals surface area contributed by atoms with Crippen LogP contribution in [0, 0.1) is 5.92 Å². The van der Waals surface area contributed by atoms with Gasteiger partial charge in [-0.1, -0.05) is 19.9 Å². The largest absolute Gasteiger partial charge is 0.332 e. The van der Waals surface area contributed by atoms with E-state index in [1.165, 1.54) is 11.3 Å². The van der Waals surface area contributed by atoms with Gasteiger partial charge in [-0.3, -0.25) is 4.79 Å². The van der Waals surface area contributed by atoms with Gasteiger partial charge in [-0.2, -0.15) is 0 Å². The van der Waals surface area contributed by atoms with E-state index in [4.69, 9.17) is 0 Å². The highest BCUT2D eigenvalue weighted by atomic mass is 32.1. The molecule has 2 heterocycles. The Morgan fingerprint density at radius 1 is 1.61 bits per heavy atom. The summed E-state index contributed by atoms with van der Waals surface area (Å²) >= 11 is 1.53. The van der Waals surface area contributed by atoms with Gasteiger partial charge in [0.2, 0.25) is 0 Å². The van der Waals surface area contributed by atoms with E-state index in [-0.39, 0.29) is 11.9 Å². The fraction of sp³-hybridized carbons (Fsp3) is 0.643. The van der Waals surface area contributed by atoms with Gasteiger partial charge in [-0.15, -0.1) is 11.3 Å². The molecule has 0 radical (unpaired) electrons. The Labute approximate surface area is 113 Å².